The zero-order valence-electron chi connectivity index (χ0n) is 16.7. The molecule has 1 aromatic heterocycles. The summed E-state index contributed by atoms with van der Waals surface area (Å²) in [6.07, 6.45) is 2.55. The molecule has 3 rings (SSSR count). The third-order valence-electron chi connectivity index (χ3n) is 5.12. The number of thioether (sulfide) groups is 1. The standard InChI is InChI=1S/C19H26N4O3S2/c1-14-18(15(2)21(3)20-14)28(25,26)23-11-7-10-22(12-13-23)19(24)16-8-5-6-9-17(16)27-4/h5-6,8-9H,7,10-13H2,1-4H3. The summed E-state index contributed by atoms with van der Waals surface area (Å²) in [5.41, 5.74) is 1.81. The van der Waals surface area contributed by atoms with E-state index in [0.29, 0.717) is 43.0 Å². The minimum atomic E-state index is -3.64. The van der Waals surface area contributed by atoms with Crippen molar-refractivity contribution < 1.29 is 13.2 Å². The smallest absolute Gasteiger partial charge is 0.255 e. The van der Waals surface area contributed by atoms with E-state index in [1.165, 1.54) is 16.1 Å². The average molecular weight is 423 g/mol. The number of benzene rings is 1. The Morgan fingerprint density at radius 2 is 1.82 bits per heavy atom. The van der Waals surface area contributed by atoms with Crippen molar-refractivity contribution in [1.82, 2.24) is 19.0 Å². The third-order valence-corrected chi connectivity index (χ3v) is 8.07. The summed E-state index contributed by atoms with van der Waals surface area (Å²) in [7, 11) is -1.90. The van der Waals surface area contributed by atoms with Gasteiger partial charge in [-0.2, -0.15) is 9.40 Å². The Morgan fingerprint density at radius 1 is 1.11 bits per heavy atom. The maximum absolute atomic E-state index is 13.2. The third kappa shape index (κ3) is 3.83. The van der Waals surface area contributed by atoms with Crippen LogP contribution in [0.5, 0.6) is 0 Å². The van der Waals surface area contributed by atoms with Crippen LogP contribution in [-0.2, 0) is 17.1 Å². The first kappa shape index (κ1) is 20.9. The number of aromatic nitrogens is 2. The summed E-state index contributed by atoms with van der Waals surface area (Å²) in [6, 6.07) is 7.53. The molecule has 2 heterocycles. The van der Waals surface area contributed by atoms with E-state index in [1.807, 2.05) is 30.5 Å². The highest BCUT2D eigenvalue weighted by molar-refractivity contribution is 7.98. The van der Waals surface area contributed by atoms with Crippen molar-refractivity contribution in [2.24, 2.45) is 7.05 Å². The molecule has 0 spiro atoms. The second-order valence-corrected chi connectivity index (χ2v) is 9.60. The monoisotopic (exact) mass is 422 g/mol. The van der Waals surface area contributed by atoms with Crippen LogP contribution in [0.2, 0.25) is 0 Å². The van der Waals surface area contributed by atoms with Gasteiger partial charge in [0.05, 0.1) is 17.0 Å². The number of amides is 1. The SMILES string of the molecule is CSc1ccccc1C(=O)N1CCCN(S(=O)(=O)c2c(C)nn(C)c2C)CC1. The first-order valence-corrected chi connectivity index (χ1v) is 11.9. The zero-order valence-corrected chi connectivity index (χ0v) is 18.3. The van der Waals surface area contributed by atoms with Crippen molar-refractivity contribution in [3.63, 3.8) is 0 Å². The molecule has 0 N–H and O–H groups in total. The van der Waals surface area contributed by atoms with E-state index in [4.69, 9.17) is 0 Å². The molecule has 1 amide bonds. The van der Waals surface area contributed by atoms with Crippen LogP contribution in [0, 0.1) is 13.8 Å². The molecule has 0 unspecified atom stereocenters. The van der Waals surface area contributed by atoms with Crippen LogP contribution in [0.4, 0.5) is 0 Å². The van der Waals surface area contributed by atoms with Gasteiger partial charge in [-0.1, -0.05) is 12.1 Å². The molecule has 0 bridgehead atoms. The number of nitrogens with zero attached hydrogens (tertiary/aromatic N) is 4. The van der Waals surface area contributed by atoms with Crippen LogP contribution in [0.15, 0.2) is 34.1 Å². The summed E-state index contributed by atoms with van der Waals surface area (Å²) >= 11 is 1.54. The van der Waals surface area contributed by atoms with Crippen LogP contribution >= 0.6 is 11.8 Å². The molecule has 0 aliphatic carbocycles. The molecular weight excluding hydrogens is 396 g/mol. The summed E-state index contributed by atoms with van der Waals surface area (Å²) in [5.74, 6) is -0.0436. The molecule has 152 valence electrons. The van der Waals surface area contributed by atoms with E-state index < -0.39 is 10.0 Å². The zero-order chi connectivity index (χ0) is 20.5. The summed E-state index contributed by atoms with van der Waals surface area (Å²) in [4.78, 5) is 16.0. The summed E-state index contributed by atoms with van der Waals surface area (Å²) in [5, 5.41) is 4.24. The molecule has 0 atom stereocenters. The number of carbonyl (C=O) groups is 1. The molecule has 1 fully saturated rings. The Kier molecular flexibility index (Phi) is 6.16. The quantitative estimate of drug-likeness (QED) is 0.707. The fourth-order valence-corrected chi connectivity index (χ4v) is 6.04. The van der Waals surface area contributed by atoms with Gasteiger partial charge in [-0.05, 0) is 38.7 Å². The van der Waals surface area contributed by atoms with Crippen LogP contribution in [-0.4, -0.2) is 65.7 Å². The second-order valence-electron chi connectivity index (χ2n) is 6.87. The van der Waals surface area contributed by atoms with Gasteiger partial charge in [0.2, 0.25) is 10.0 Å². The molecule has 28 heavy (non-hydrogen) atoms. The lowest BCUT2D eigenvalue weighted by Crippen LogP contribution is -2.37. The minimum Gasteiger partial charge on any atom is -0.337 e. The van der Waals surface area contributed by atoms with Gasteiger partial charge in [-0.3, -0.25) is 9.48 Å². The second kappa shape index (κ2) is 8.26. The highest BCUT2D eigenvalue weighted by Crippen LogP contribution is 2.25. The van der Waals surface area contributed by atoms with Crippen molar-refractivity contribution in [2.45, 2.75) is 30.1 Å². The number of hydrogen-bond acceptors (Lipinski definition) is 5. The Labute approximate surface area is 170 Å². The van der Waals surface area contributed by atoms with Crippen LogP contribution in [0.3, 0.4) is 0 Å². The average Bonchev–Trinajstić information content (AvgIpc) is 2.85. The van der Waals surface area contributed by atoms with Crippen molar-refractivity contribution >= 4 is 27.7 Å². The fraction of sp³-hybridized carbons (Fsp3) is 0.474. The number of sulfonamides is 1. The van der Waals surface area contributed by atoms with Gasteiger partial charge in [-0.15, -0.1) is 11.8 Å². The lowest BCUT2D eigenvalue weighted by Gasteiger charge is -2.23. The molecular formula is C19H26N4O3S2. The van der Waals surface area contributed by atoms with E-state index >= 15 is 0 Å². The van der Waals surface area contributed by atoms with Crippen LogP contribution in [0.25, 0.3) is 0 Å². The Hall–Kier alpha value is -1.84. The minimum absolute atomic E-state index is 0.0436. The van der Waals surface area contributed by atoms with Crippen molar-refractivity contribution in [2.75, 3.05) is 32.4 Å². The molecule has 1 aliphatic heterocycles. The highest BCUT2D eigenvalue weighted by atomic mass is 32.2. The van der Waals surface area contributed by atoms with Gasteiger partial charge in [0.1, 0.15) is 4.90 Å². The van der Waals surface area contributed by atoms with Gasteiger partial charge < -0.3 is 4.90 Å². The van der Waals surface area contributed by atoms with E-state index in [9.17, 15) is 13.2 Å². The Bertz CT molecular complexity index is 985. The first-order valence-electron chi connectivity index (χ1n) is 9.20. The first-order chi connectivity index (χ1) is 13.3. The normalized spacial score (nSPS) is 16.2. The fourth-order valence-electron chi connectivity index (χ4n) is 3.59. The molecule has 0 saturated carbocycles. The van der Waals surface area contributed by atoms with Crippen LogP contribution < -0.4 is 0 Å². The largest absolute Gasteiger partial charge is 0.337 e. The van der Waals surface area contributed by atoms with Gasteiger partial charge in [0.25, 0.3) is 5.91 Å². The van der Waals surface area contributed by atoms with Crippen molar-refractivity contribution in [1.29, 1.82) is 0 Å². The molecule has 0 radical (unpaired) electrons. The lowest BCUT2D eigenvalue weighted by atomic mass is 10.2. The molecule has 1 aromatic carbocycles. The maximum Gasteiger partial charge on any atom is 0.255 e. The van der Waals surface area contributed by atoms with E-state index in [0.717, 1.165) is 4.90 Å². The van der Waals surface area contributed by atoms with Gasteiger partial charge >= 0.3 is 0 Å². The van der Waals surface area contributed by atoms with Crippen molar-refractivity contribution in [3.8, 4) is 0 Å². The highest BCUT2D eigenvalue weighted by Gasteiger charge is 2.32. The number of hydrogen-bond donors (Lipinski definition) is 0. The Morgan fingerprint density at radius 3 is 2.46 bits per heavy atom. The van der Waals surface area contributed by atoms with Gasteiger partial charge in [-0.25, -0.2) is 8.42 Å². The van der Waals surface area contributed by atoms with Crippen molar-refractivity contribution in [3.05, 3.63) is 41.2 Å². The molecule has 7 nitrogen and oxygen atoms in total. The van der Waals surface area contributed by atoms with E-state index in [1.54, 1.807) is 30.5 Å². The molecule has 9 heteroatoms. The predicted molar refractivity (Wildman–Crippen MR) is 110 cm³/mol. The number of rotatable bonds is 4. The summed E-state index contributed by atoms with van der Waals surface area (Å²) in [6.45, 7) is 5.07. The summed E-state index contributed by atoms with van der Waals surface area (Å²) < 4.78 is 29.5. The Balaban J connectivity index is 1.81. The van der Waals surface area contributed by atoms with E-state index in [2.05, 4.69) is 5.10 Å². The molecule has 1 saturated heterocycles. The topological polar surface area (TPSA) is 75.5 Å². The predicted octanol–water partition coefficient (Wildman–Crippen LogP) is 2.30. The van der Waals surface area contributed by atoms with E-state index in [-0.39, 0.29) is 17.3 Å². The van der Waals surface area contributed by atoms with Gasteiger partial charge in [0.15, 0.2) is 0 Å². The number of carbonyl (C=O) groups excluding carboxylic acids is 1. The van der Waals surface area contributed by atoms with Crippen LogP contribution in [0.1, 0.15) is 28.2 Å². The molecule has 1 aliphatic rings. The maximum atomic E-state index is 13.2. The number of aryl methyl sites for hydroxylation is 2. The van der Waals surface area contributed by atoms with Gasteiger partial charge in [0, 0.05) is 38.1 Å². The molecule has 2 aromatic rings. The lowest BCUT2D eigenvalue weighted by molar-refractivity contribution is 0.0761.